The summed E-state index contributed by atoms with van der Waals surface area (Å²) in [5.41, 5.74) is 1.59. The molecule has 0 saturated carbocycles. The predicted octanol–water partition coefficient (Wildman–Crippen LogP) is 1.37. The molecular formula is C19H22N6O3S. The molecule has 1 saturated heterocycles. The zero-order valence-corrected chi connectivity index (χ0v) is 17.1. The number of thiazole rings is 1. The van der Waals surface area contributed by atoms with Crippen LogP contribution in [0.1, 0.15) is 18.2 Å². The average Bonchev–Trinajstić information content (AvgIpc) is 3.24. The number of hydrogen-bond acceptors (Lipinski definition) is 7. The van der Waals surface area contributed by atoms with Crippen LogP contribution in [0.15, 0.2) is 34.2 Å². The Morgan fingerprint density at radius 3 is 2.69 bits per heavy atom. The lowest BCUT2D eigenvalue weighted by molar-refractivity contribution is -0.136. The van der Waals surface area contributed by atoms with Crippen LogP contribution in [0.2, 0.25) is 0 Å². The molecule has 2 aromatic heterocycles. The highest BCUT2D eigenvalue weighted by Crippen LogP contribution is 2.24. The first-order valence-electron chi connectivity index (χ1n) is 9.33. The van der Waals surface area contributed by atoms with Crippen LogP contribution in [0, 0.1) is 0 Å². The lowest BCUT2D eigenvalue weighted by Crippen LogP contribution is -2.42. The molecule has 152 valence electrons. The lowest BCUT2D eigenvalue weighted by Gasteiger charge is -2.30. The van der Waals surface area contributed by atoms with E-state index in [1.807, 2.05) is 29.3 Å². The molecule has 10 heteroatoms. The second-order valence-corrected chi connectivity index (χ2v) is 8.09. The van der Waals surface area contributed by atoms with Gasteiger partial charge in [-0.3, -0.25) is 19.7 Å². The second kappa shape index (κ2) is 7.80. The minimum atomic E-state index is -1.02. The van der Waals surface area contributed by atoms with Crippen molar-refractivity contribution in [1.82, 2.24) is 24.7 Å². The summed E-state index contributed by atoms with van der Waals surface area (Å²) in [5, 5.41) is 19.3. The van der Waals surface area contributed by atoms with E-state index < -0.39 is 5.97 Å². The highest BCUT2D eigenvalue weighted by molar-refractivity contribution is 7.20. The number of rotatable bonds is 5. The van der Waals surface area contributed by atoms with E-state index in [1.54, 1.807) is 6.92 Å². The number of H-pyrrole nitrogens is 1. The molecule has 1 aromatic carbocycles. The van der Waals surface area contributed by atoms with Gasteiger partial charge in [-0.25, -0.2) is 4.98 Å². The fourth-order valence-electron chi connectivity index (χ4n) is 3.38. The maximum Gasteiger partial charge on any atom is 0.309 e. The Morgan fingerprint density at radius 2 is 2.00 bits per heavy atom. The van der Waals surface area contributed by atoms with E-state index in [9.17, 15) is 14.7 Å². The van der Waals surface area contributed by atoms with E-state index in [4.69, 9.17) is 0 Å². The van der Waals surface area contributed by atoms with Gasteiger partial charge in [0.2, 0.25) is 5.13 Å². The molecule has 0 bridgehead atoms. The van der Waals surface area contributed by atoms with Crippen molar-refractivity contribution in [3.63, 3.8) is 0 Å². The van der Waals surface area contributed by atoms with Crippen LogP contribution < -0.4 is 5.56 Å². The number of aromatic nitrogens is 3. The molecule has 0 radical (unpaired) electrons. The number of piperazine rings is 1. The first-order valence-corrected chi connectivity index (χ1v) is 10.1. The van der Waals surface area contributed by atoms with E-state index >= 15 is 0 Å². The van der Waals surface area contributed by atoms with Crippen molar-refractivity contribution in [2.75, 3.05) is 33.2 Å². The SMILES string of the molecule is CC(=NN1CCN(C)CC1)c1c(CC(=O)O)[nH]n(-c2nc3ccccc3s2)c1=O. The van der Waals surface area contributed by atoms with E-state index in [0.717, 1.165) is 36.4 Å². The van der Waals surface area contributed by atoms with Crippen molar-refractivity contribution in [3.05, 3.63) is 45.9 Å². The highest BCUT2D eigenvalue weighted by atomic mass is 32.1. The van der Waals surface area contributed by atoms with Crippen LogP contribution in [0.4, 0.5) is 0 Å². The topological polar surface area (TPSA) is 107 Å². The quantitative estimate of drug-likeness (QED) is 0.611. The molecule has 1 fully saturated rings. The van der Waals surface area contributed by atoms with Crippen LogP contribution >= 0.6 is 11.3 Å². The zero-order valence-electron chi connectivity index (χ0n) is 16.3. The van der Waals surface area contributed by atoms with Crippen LogP contribution in [0.3, 0.4) is 0 Å². The van der Waals surface area contributed by atoms with Crippen LogP contribution in [0.5, 0.6) is 0 Å². The number of fused-ring (bicyclic) bond motifs is 1. The molecule has 9 nitrogen and oxygen atoms in total. The summed E-state index contributed by atoms with van der Waals surface area (Å²) in [7, 11) is 2.06. The van der Waals surface area contributed by atoms with Gasteiger partial charge in [-0.2, -0.15) is 9.78 Å². The number of para-hydroxylation sites is 1. The van der Waals surface area contributed by atoms with E-state index in [-0.39, 0.29) is 12.0 Å². The van der Waals surface area contributed by atoms with Gasteiger partial charge < -0.3 is 10.0 Å². The number of hydrogen-bond donors (Lipinski definition) is 2. The first-order chi connectivity index (χ1) is 13.9. The monoisotopic (exact) mass is 414 g/mol. The molecule has 0 amide bonds. The molecule has 0 spiro atoms. The summed E-state index contributed by atoms with van der Waals surface area (Å²) in [6.07, 6.45) is -0.294. The van der Waals surface area contributed by atoms with Gasteiger partial charge in [-0.15, -0.1) is 0 Å². The third kappa shape index (κ3) is 3.94. The molecule has 0 aliphatic carbocycles. The first kappa shape index (κ1) is 19.3. The van der Waals surface area contributed by atoms with Crippen molar-refractivity contribution < 1.29 is 9.90 Å². The second-order valence-electron chi connectivity index (χ2n) is 7.08. The summed E-state index contributed by atoms with van der Waals surface area (Å²) < 4.78 is 2.27. The summed E-state index contributed by atoms with van der Waals surface area (Å²) in [4.78, 5) is 31.3. The van der Waals surface area contributed by atoms with E-state index in [0.29, 0.717) is 22.1 Å². The summed E-state index contributed by atoms with van der Waals surface area (Å²) in [6.45, 7) is 5.05. The molecule has 4 rings (SSSR count). The normalized spacial score (nSPS) is 15.9. The largest absolute Gasteiger partial charge is 0.481 e. The third-order valence-electron chi connectivity index (χ3n) is 4.90. The highest BCUT2D eigenvalue weighted by Gasteiger charge is 2.22. The number of aliphatic carboxylic acids is 1. The number of carbonyl (C=O) groups is 1. The van der Waals surface area contributed by atoms with Gasteiger partial charge in [-0.1, -0.05) is 23.5 Å². The minimum absolute atomic E-state index is 0.294. The fourth-order valence-corrected chi connectivity index (χ4v) is 4.31. The van der Waals surface area contributed by atoms with Crippen molar-refractivity contribution in [3.8, 4) is 5.13 Å². The Morgan fingerprint density at radius 1 is 1.28 bits per heavy atom. The van der Waals surface area contributed by atoms with Gasteiger partial charge >= 0.3 is 5.97 Å². The van der Waals surface area contributed by atoms with E-state index in [2.05, 4.69) is 27.1 Å². The van der Waals surface area contributed by atoms with Gasteiger partial charge in [-0.05, 0) is 26.1 Å². The standard InChI is InChI=1S/C19H22N6O3S/c1-12(21-24-9-7-23(2)8-10-24)17-14(11-16(26)27)22-25(18(17)28)19-20-13-5-3-4-6-15(13)29-19/h3-6,22H,7-11H2,1-2H3,(H,26,27). The number of benzene rings is 1. The Labute approximate surface area is 170 Å². The summed E-state index contributed by atoms with van der Waals surface area (Å²) in [5.74, 6) is -1.02. The molecule has 2 N–H and O–H groups in total. The van der Waals surface area contributed by atoms with Gasteiger partial charge in [0.05, 0.1) is 33.6 Å². The van der Waals surface area contributed by atoms with Crippen LogP contribution in [0.25, 0.3) is 15.3 Å². The van der Waals surface area contributed by atoms with Crippen molar-refractivity contribution in [2.45, 2.75) is 13.3 Å². The molecule has 3 heterocycles. The van der Waals surface area contributed by atoms with Gasteiger partial charge in [0.15, 0.2) is 0 Å². The lowest BCUT2D eigenvalue weighted by atomic mass is 10.1. The number of nitrogens with zero attached hydrogens (tertiary/aromatic N) is 5. The molecule has 1 aliphatic heterocycles. The predicted molar refractivity (Wildman–Crippen MR) is 112 cm³/mol. The molecule has 0 atom stereocenters. The van der Waals surface area contributed by atoms with Crippen LogP contribution in [-0.2, 0) is 11.2 Å². The molecule has 3 aromatic rings. The maximum absolute atomic E-state index is 13.2. The number of carboxylic acid groups (broad SMARTS) is 1. The summed E-state index contributed by atoms with van der Waals surface area (Å²) >= 11 is 1.37. The molecule has 1 aliphatic rings. The van der Waals surface area contributed by atoms with Gasteiger partial charge in [0.1, 0.15) is 0 Å². The fraction of sp³-hybridized carbons (Fsp3) is 0.368. The molecule has 0 unspecified atom stereocenters. The number of carboxylic acids is 1. The number of likely N-dealkylation sites (N-methyl/N-ethyl adjacent to an activating group) is 1. The van der Waals surface area contributed by atoms with Crippen molar-refractivity contribution >= 4 is 33.2 Å². The Balaban J connectivity index is 1.76. The molecular weight excluding hydrogens is 392 g/mol. The molecule has 29 heavy (non-hydrogen) atoms. The maximum atomic E-state index is 13.2. The third-order valence-corrected chi connectivity index (χ3v) is 5.92. The minimum Gasteiger partial charge on any atom is -0.481 e. The van der Waals surface area contributed by atoms with E-state index in [1.165, 1.54) is 16.0 Å². The Bertz CT molecular complexity index is 1100. The smallest absolute Gasteiger partial charge is 0.309 e. The number of aromatic amines is 1. The summed E-state index contributed by atoms with van der Waals surface area (Å²) in [6, 6.07) is 7.61. The van der Waals surface area contributed by atoms with Crippen LogP contribution in [-0.4, -0.2) is 74.7 Å². The van der Waals surface area contributed by atoms with Crippen molar-refractivity contribution in [1.29, 1.82) is 0 Å². The number of hydrazone groups is 1. The zero-order chi connectivity index (χ0) is 20.5. The average molecular weight is 414 g/mol. The van der Waals surface area contributed by atoms with Crippen molar-refractivity contribution in [2.24, 2.45) is 5.10 Å². The van der Waals surface area contributed by atoms with Gasteiger partial charge in [0.25, 0.3) is 5.56 Å². The number of nitrogens with one attached hydrogen (secondary N) is 1. The Hall–Kier alpha value is -2.98. The Kier molecular flexibility index (Phi) is 5.20. The van der Waals surface area contributed by atoms with Gasteiger partial charge in [0, 0.05) is 26.2 Å².